The van der Waals surface area contributed by atoms with Crippen LogP contribution in [0.25, 0.3) is 0 Å². The van der Waals surface area contributed by atoms with Crippen LogP contribution in [-0.4, -0.2) is 44.2 Å². The third-order valence-electron chi connectivity index (χ3n) is 5.14. The Bertz CT molecular complexity index is 811. The summed E-state index contributed by atoms with van der Waals surface area (Å²) in [6.45, 7) is 4.58. The first-order valence-corrected chi connectivity index (χ1v) is 10.3. The summed E-state index contributed by atoms with van der Waals surface area (Å²) < 4.78 is 6.52. The van der Waals surface area contributed by atoms with Crippen molar-refractivity contribution in [1.82, 2.24) is 25.2 Å². The van der Waals surface area contributed by atoms with E-state index in [-0.39, 0.29) is 22.9 Å². The molecule has 1 amide bonds. The zero-order valence-electron chi connectivity index (χ0n) is 16.5. The van der Waals surface area contributed by atoms with E-state index in [0.717, 1.165) is 30.6 Å². The predicted molar refractivity (Wildman–Crippen MR) is 104 cm³/mol. The van der Waals surface area contributed by atoms with E-state index >= 15 is 0 Å². The van der Waals surface area contributed by atoms with Crippen molar-refractivity contribution >= 4 is 28.3 Å². The van der Waals surface area contributed by atoms with Crippen LogP contribution >= 0.6 is 11.3 Å². The maximum absolute atomic E-state index is 12.8. The molecule has 28 heavy (non-hydrogen) atoms. The summed E-state index contributed by atoms with van der Waals surface area (Å²) in [7, 11) is 1.33. The van der Waals surface area contributed by atoms with Gasteiger partial charge in [-0.05, 0) is 34.6 Å². The number of amides is 1. The number of nitrogens with zero attached hydrogens (tertiary/aromatic N) is 5. The van der Waals surface area contributed by atoms with Crippen LogP contribution in [-0.2, 0) is 16.1 Å². The van der Waals surface area contributed by atoms with Crippen molar-refractivity contribution in [2.24, 2.45) is 5.41 Å². The largest absolute Gasteiger partial charge is 0.464 e. The lowest BCUT2D eigenvalue weighted by Crippen LogP contribution is -2.34. The van der Waals surface area contributed by atoms with E-state index in [1.807, 2.05) is 13.8 Å². The minimum Gasteiger partial charge on any atom is -0.464 e. The van der Waals surface area contributed by atoms with Crippen molar-refractivity contribution in [3.05, 3.63) is 16.9 Å². The van der Waals surface area contributed by atoms with Crippen LogP contribution in [0.3, 0.4) is 0 Å². The van der Waals surface area contributed by atoms with Crippen LogP contribution in [0.4, 0.5) is 5.13 Å². The van der Waals surface area contributed by atoms with Gasteiger partial charge in [-0.15, -0.1) is 16.4 Å². The number of tetrazole rings is 1. The third kappa shape index (κ3) is 4.73. The van der Waals surface area contributed by atoms with Crippen molar-refractivity contribution in [1.29, 1.82) is 0 Å². The Kier molecular flexibility index (Phi) is 6.38. The fourth-order valence-electron chi connectivity index (χ4n) is 3.81. The summed E-state index contributed by atoms with van der Waals surface area (Å²) in [6.07, 6.45) is 7.26. The van der Waals surface area contributed by atoms with Crippen molar-refractivity contribution in [3.63, 3.8) is 0 Å². The summed E-state index contributed by atoms with van der Waals surface area (Å²) in [4.78, 5) is 29.9. The van der Waals surface area contributed by atoms with Gasteiger partial charge in [-0.1, -0.05) is 33.1 Å². The van der Waals surface area contributed by atoms with Gasteiger partial charge in [0.2, 0.25) is 5.91 Å². The van der Waals surface area contributed by atoms with Crippen LogP contribution in [0.5, 0.6) is 0 Å². The molecule has 1 aliphatic carbocycles. The standard InChI is InChI=1S/C18H26N6O3S/c1-12(2)15-14(16(26)27-3)21-17(28-15)20-13(25)9-18(7-5-4-6-8-18)10-24-11-19-22-23-24/h11-12H,4-10H2,1-3H3,(H,20,21,25). The number of aromatic nitrogens is 5. The lowest BCUT2D eigenvalue weighted by molar-refractivity contribution is -0.119. The predicted octanol–water partition coefficient (Wildman–Crippen LogP) is 3.02. The number of ether oxygens (including phenoxy) is 1. The van der Waals surface area contributed by atoms with Crippen LogP contribution < -0.4 is 5.32 Å². The quantitative estimate of drug-likeness (QED) is 0.703. The Morgan fingerprint density at radius 1 is 1.32 bits per heavy atom. The topological polar surface area (TPSA) is 112 Å². The van der Waals surface area contributed by atoms with Gasteiger partial charge in [0.1, 0.15) is 6.33 Å². The van der Waals surface area contributed by atoms with E-state index in [9.17, 15) is 9.59 Å². The average molecular weight is 407 g/mol. The number of hydrogen-bond donors (Lipinski definition) is 1. The first kappa shape index (κ1) is 20.4. The van der Waals surface area contributed by atoms with Crippen LogP contribution in [0.2, 0.25) is 0 Å². The number of hydrogen-bond acceptors (Lipinski definition) is 8. The van der Waals surface area contributed by atoms with Crippen LogP contribution in [0.1, 0.15) is 73.7 Å². The van der Waals surface area contributed by atoms with E-state index in [0.29, 0.717) is 18.1 Å². The second-order valence-electron chi connectivity index (χ2n) is 7.67. The van der Waals surface area contributed by atoms with Gasteiger partial charge in [-0.3, -0.25) is 4.79 Å². The average Bonchev–Trinajstić information content (AvgIpc) is 3.31. The summed E-state index contributed by atoms with van der Waals surface area (Å²) in [6, 6.07) is 0. The van der Waals surface area contributed by atoms with Crippen molar-refractivity contribution in [3.8, 4) is 0 Å². The molecule has 0 radical (unpaired) electrons. The lowest BCUT2D eigenvalue weighted by Gasteiger charge is -2.36. The highest BCUT2D eigenvalue weighted by Gasteiger charge is 2.35. The smallest absolute Gasteiger partial charge is 0.357 e. The Labute approximate surface area is 167 Å². The normalized spacial score (nSPS) is 16.1. The molecule has 2 aromatic rings. The Morgan fingerprint density at radius 3 is 2.68 bits per heavy atom. The van der Waals surface area contributed by atoms with Gasteiger partial charge < -0.3 is 10.1 Å². The molecular weight excluding hydrogens is 380 g/mol. The number of carbonyl (C=O) groups excluding carboxylic acids is 2. The van der Waals surface area contributed by atoms with Gasteiger partial charge in [-0.2, -0.15) is 0 Å². The molecular formula is C18H26N6O3S. The number of rotatable bonds is 7. The maximum atomic E-state index is 12.8. The van der Waals surface area contributed by atoms with E-state index in [4.69, 9.17) is 4.74 Å². The second kappa shape index (κ2) is 8.76. The molecule has 0 spiro atoms. The van der Waals surface area contributed by atoms with Crippen molar-refractivity contribution < 1.29 is 14.3 Å². The first-order chi connectivity index (χ1) is 13.4. The molecule has 152 valence electrons. The molecule has 2 aromatic heterocycles. The molecule has 0 aromatic carbocycles. The van der Waals surface area contributed by atoms with Crippen LogP contribution in [0.15, 0.2) is 6.33 Å². The first-order valence-electron chi connectivity index (χ1n) is 9.52. The molecule has 1 aliphatic rings. The fraction of sp³-hybridized carbons (Fsp3) is 0.667. The monoisotopic (exact) mass is 406 g/mol. The van der Waals surface area contributed by atoms with Gasteiger partial charge >= 0.3 is 5.97 Å². The summed E-state index contributed by atoms with van der Waals surface area (Å²) in [5.41, 5.74) is 0.111. The molecule has 1 saturated carbocycles. The highest BCUT2D eigenvalue weighted by atomic mass is 32.1. The maximum Gasteiger partial charge on any atom is 0.357 e. The molecule has 0 saturated heterocycles. The van der Waals surface area contributed by atoms with E-state index in [2.05, 4.69) is 25.8 Å². The third-order valence-corrected chi connectivity index (χ3v) is 6.41. The summed E-state index contributed by atoms with van der Waals surface area (Å²) in [5.74, 6) is -0.472. The number of methoxy groups -OCH3 is 1. The fourth-order valence-corrected chi connectivity index (χ4v) is 4.78. The molecule has 3 rings (SSSR count). The van der Waals surface area contributed by atoms with Crippen molar-refractivity contribution in [2.45, 2.75) is 64.8 Å². The lowest BCUT2D eigenvalue weighted by atomic mass is 9.71. The summed E-state index contributed by atoms with van der Waals surface area (Å²) >= 11 is 1.32. The molecule has 1 N–H and O–H groups in total. The summed E-state index contributed by atoms with van der Waals surface area (Å²) in [5, 5.41) is 14.7. The molecule has 0 bridgehead atoms. The van der Waals surface area contributed by atoms with Crippen molar-refractivity contribution in [2.75, 3.05) is 12.4 Å². The molecule has 0 unspecified atom stereocenters. The van der Waals surface area contributed by atoms with Gasteiger partial charge in [-0.25, -0.2) is 14.5 Å². The van der Waals surface area contributed by atoms with Gasteiger partial charge in [0, 0.05) is 11.3 Å². The Hall–Kier alpha value is -2.36. The molecule has 10 heteroatoms. The number of anilines is 1. The molecule has 2 heterocycles. The van der Waals surface area contributed by atoms with Gasteiger partial charge in [0.15, 0.2) is 10.8 Å². The van der Waals surface area contributed by atoms with E-state index in [1.54, 1.807) is 11.0 Å². The molecule has 0 aliphatic heterocycles. The molecule has 1 fully saturated rings. The Morgan fingerprint density at radius 2 is 2.07 bits per heavy atom. The Balaban J connectivity index is 1.73. The van der Waals surface area contributed by atoms with Crippen LogP contribution in [0, 0.1) is 5.41 Å². The highest BCUT2D eigenvalue weighted by molar-refractivity contribution is 7.16. The SMILES string of the molecule is COC(=O)c1nc(NC(=O)CC2(Cn3cnnn3)CCCCC2)sc1C(C)C. The van der Waals surface area contributed by atoms with Gasteiger partial charge in [0.25, 0.3) is 0 Å². The zero-order valence-corrected chi connectivity index (χ0v) is 17.3. The highest BCUT2D eigenvalue weighted by Crippen LogP contribution is 2.41. The number of nitrogens with one attached hydrogen (secondary N) is 1. The van der Waals surface area contributed by atoms with E-state index in [1.165, 1.54) is 24.9 Å². The second-order valence-corrected chi connectivity index (χ2v) is 8.70. The minimum absolute atomic E-state index is 0.101. The number of thiazole rings is 1. The van der Waals surface area contributed by atoms with Gasteiger partial charge in [0.05, 0.1) is 13.7 Å². The van der Waals surface area contributed by atoms with E-state index < -0.39 is 5.97 Å². The molecule has 0 atom stereocenters. The number of carbonyl (C=O) groups is 2. The minimum atomic E-state index is -0.483. The number of esters is 1. The molecule has 9 nitrogen and oxygen atoms in total. The zero-order chi connectivity index (χ0) is 20.1.